The smallest absolute Gasteiger partial charge is 0.258 e. The van der Waals surface area contributed by atoms with Crippen molar-refractivity contribution in [2.75, 3.05) is 6.61 Å². The lowest BCUT2D eigenvalue weighted by Gasteiger charge is -2.12. The molecule has 5 rings (SSSR count). The Morgan fingerprint density at radius 3 is 2.45 bits per heavy atom. The number of hydrogen-bond acceptors (Lipinski definition) is 5. The Kier molecular flexibility index (Phi) is 4.43. The van der Waals surface area contributed by atoms with Crippen molar-refractivity contribution in [1.82, 2.24) is 10.1 Å². The fraction of sp³-hybridized carbons (Fsp3) is 0.417. The highest BCUT2D eigenvalue weighted by Gasteiger charge is 2.61. The van der Waals surface area contributed by atoms with Crippen molar-refractivity contribution in [3.63, 3.8) is 0 Å². The summed E-state index contributed by atoms with van der Waals surface area (Å²) in [4.78, 5) is 4.56. The summed E-state index contributed by atoms with van der Waals surface area (Å²) in [5.41, 5.74) is 3.40. The zero-order valence-electron chi connectivity index (χ0n) is 16.8. The second-order valence-corrected chi connectivity index (χ2v) is 8.71. The fourth-order valence-electron chi connectivity index (χ4n) is 4.83. The largest absolute Gasteiger partial charge is 0.491 e. The van der Waals surface area contributed by atoms with Gasteiger partial charge in [-0.25, -0.2) is 0 Å². The third kappa shape index (κ3) is 3.33. The summed E-state index contributed by atoms with van der Waals surface area (Å²) in [5, 5.41) is 13.8. The third-order valence-electron chi connectivity index (χ3n) is 6.50. The Labute approximate surface area is 170 Å². The van der Waals surface area contributed by atoms with Gasteiger partial charge in [-0.1, -0.05) is 29.4 Å². The molecule has 2 aromatic carbocycles. The van der Waals surface area contributed by atoms with Gasteiger partial charge in [0.1, 0.15) is 5.75 Å². The van der Waals surface area contributed by atoms with Gasteiger partial charge in [-0.05, 0) is 80.2 Å². The van der Waals surface area contributed by atoms with Gasteiger partial charge >= 0.3 is 0 Å². The topological polar surface area (TPSA) is 68.4 Å². The zero-order chi connectivity index (χ0) is 20.0. The van der Waals surface area contributed by atoms with Crippen molar-refractivity contribution in [2.24, 2.45) is 11.3 Å². The lowest BCUT2D eigenvalue weighted by Crippen LogP contribution is -2.05. The number of nitrogens with zero attached hydrogens (tertiary/aromatic N) is 2. The molecular formula is C24H26N2O3. The number of aliphatic hydroxyl groups is 1. The molecule has 0 spiro atoms. The Bertz CT molecular complexity index is 994. The molecular weight excluding hydrogens is 364 g/mol. The summed E-state index contributed by atoms with van der Waals surface area (Å²) < 4.78 is 11.2. The highest BCUT2D eigenvalue weighted by molar-refractivity contribution is 5.60. The summed E-state index contributed by atoms with van der Waals surface area (Å²) in [5.74, 6) is 3.14. The zero-order valence-corrected chi connectivity index (χ0v) is 16.8. The minimum Gasteiger partial charge on any atom is -0.491 e. The first-order valence-corrected chi connectivity index (χ1v) is 10.4. The molecule has 1 heterocycles. The molecule has 1 N–H and O–H groups in total. The predicted octanol–water partition coefficient (Wildman–Crippen LogP) is 5.07. The molecule has 2 aliphatic rings. The van der Waals surface area contributed by atoms with E-state index < -0.39 is 0 Å². The molecule has 0 aliphatic heterocycles. The van der Waals surface area contributed by atoms with Crippen molar-refractivity contribution < 1.29 is 14.4 Å². The van der Waals surface area contributed by atoms with Crippen LogP contribution in [0.1, 0.15) is 44.6 Å². The van der Waals surface area contributed by atoms with E-state index in [0.717, 1.165) is 23.3 Å². The van der Waals surface area contributed by atoms with E-state index in [0.29, 0.717) is 30.2 Å². The predicted molar refractivity (Wildman–Crippen MR) is 111 cm³/mol. The van der Waals surface area contributed by atoms with Gasteiger partial charge in [-0.3, -0.25) is 0 Å². The van der Waals surface area contributed by atoms with E-state index in [1.54, 1.807) is 0 Å². The minimum atomic E-state index is 0.142. The van der Waals surface area contributed by atoms with Gasteiger partial charge in [0.2, 0.25) is 5.82 Å². The van der Waals surface area contributed by atoms with Gasteiger partial charge in [0.05, 0.1) is 6.10 Å². The first-order chi connectivity index (χ1) is 14.1. The number of aliphatic hydroxyl groups excluding tert-OH is 1. The monoisotopic (exact) mass is 390 g/mol. The molecule has 0 radical (unpaired) electrons. The average molecular weight is 390 g/mol. The van der Waals surface area contributed by atoms with E-state index in [9.17, 15) is 5.11 Å². The minimum absolute atomic E-state index is 0.142. The van der Waals surface area contributed by atoms with Crippen LogP contribution in [-0.4, -0.2) is 28.0 Å². The summed E-state index contributed by atoms with van der Waals surface area (Å²) >= 11 is 0. The summed E-state index contributed by atoms with van der Waals surface area (Å²) in [7, 11) is 0. The molecule has 5 heteroatoms. The molecule has 2 aliphatic carbocycles. The van der Waals surface area contributed by atoms with Gasteiger partial charge < -0.3 is 14.4 Å². The molecule has 2 saturated carbocycles. The van der Waals surface area contributed by atoms with E-state index in [2.05, 4.69) is 34.4 Å². The van der Waals surface area contributed by atoms with Crippen LogP contribution < -0.4 is 4.74 Å². The number of benzene rings is 2. The lowest BCUT2D eigenvalue weighted by molar-refractivity contribution is 0.205. The Morgan fingerprint density at radius 1 is 1.10 bits per heavy atom. The molecule has 150 valence electrons. The number of fused-ring (bicyclic) bond motifs is 1. The van der Waals surface area contributed by atoms with E-state index in [4.69, 9.17) is 9.26 Å². The normalized spacial score (nSPS) is 25.2. The van der Waals surface area contributed by atoms with E-state index in [1.807, 2.05) is 38.1 Å². The standard InChI is InChI=1S/C24H26N2O3/c1-15(2)28-19-9-7-18(8-10-19)23-25-22(26-29-23)17-5-3-16(4-6-17)20-11-12-24(14-27)13-21(20)24/h3-10,15,20-21,27H,11-14H2,1-2H3/t20-,21?,24-/m0/s1. The van der Waals surface area contributed by atoms with Crippen LogP contribution in [0.25, 0.3) is 22.8 Å². The third-order valence-corrected chi connectivity index (χ3v) is 6.50. The van der Waals surface area contributed by atoms with Crippen LogP contribution in [0.4, 0.5) is 0 Å². The van der Waals surface area contributed by atoms with Crippen molar-refractivity contribution >= 4 is 0 Å². The molecule has 5 nitrogen and oxygen atoms in total. The van der Waals surface area contributed by atoms with Crippen LogP contribution in [0.5, 0.6) is 5.75 Å². The maximum absolute atomic E-state index is 9.64. The fourth-order valence-corrected chi connectivity index (χ4v) is 4.83. The molecule has 29 heavy (non-hydrogen) atoms. The Balaban J connectivity index is 1.31. The van der Waals surface area contributed by atoms with Crippen molar-refractivity contribution in [1.29, 1.82) is 0 Å². The highest BCUT2D eigenvalue weighted by Crippen LogP contribution is 2.68. The summed E-state index contributed by atoms with van der Waals surface area (Å²) in [6.45, 7) is 4.34. The van der Waals surface area contributed by atoms with Crippen LogP contribution in [0.15, 0.2) is 53.1 Å². The van der Waals surface area contributed by atoms with Gasteiger partial charge in [0, 0.05) is 17.7 Å². The molecule has 0 bridgehead atoms. The van der Waals surface area contributed by atoms with Gasteiger partial charge in [-0.15, -0.1) is 0 Å². The Hall–Kier alpha value is -2.66. The number of aromatic nitrogens is 2. The van der Waals surface area contributed by atoms with Gasteiger partial charge in [0.25, 0.3) is 5.89 Å². The maximum Gasteiger partial charge on any atom is 0.258 e. The van der Waals surface area contributed by atoms with Crippen LogP contribution in [0.3, 0.4) is 0 Å². The molecule has 1 aromatic heterocycles. The van der Waals surface area contributed by atoms with Crippen LogP contribution in [0, 0.1) is 11.3 Å². The van der Waals surface area contributed by atoms with Crippen LogP contribution in [-0.2, 0) is 0 Å². The van der Waals surface area contributed by atoms with Crippen LogP contribution >= 0.6 is 0 Å². The van der Waals surface area contributed by atoms with Crippen molar-refractivity contribution in [3.8, 4) is 28.6 Å². The molecule has 3 atom stereocenters. The average Bonchev–Trinajstić information content (AvgIpc) is 3.09. The summed E-state index contributed by atoms with van der Waals surface area (Å²) in [6, 6.07) is 16.2. The molecule has 0 amide bonds. The summed E-state index contributed by atoms with van der Waals surface area (Å²) in [6.07, 6.45) is 3.64. The lowest BCUT2D eigenvalue weighted by atomic mass is 9.93. The SMILES string of the molecule is CC(C)Oc1ccc(-c2nc(-c3ccc([C@@H]4CC[C@@]5(CO)CC45)cc3)no2)cc1. The number of ether oxygens (including phenoxy) is 1. The molecule has 3 aromatic rings. The Morgan fingerprint density at radius 2 is 1.83 bits per heavy atom. The highest BCUT2D eigenvalue weighted by atomic mass is 16.5. The van der Waals surface area contributed by atoms with E-state index in [-0.39, 0.29) is 11.5 Å². The number of rotatable bonds is 6. The second kappa shape index (κ2) is 6.99. The first-order valence-electron chi connectivity index (χ1n) is 10.4. The number of hydrogen-bond donors (Lipinski definition) is 1. The van der Waals surface area contributed by atoms with Crippen LogP contribution in [0.2, 0.25) is 0 Å². The first kappa shape index (κ1) is 18.4. The van der Waals surface area contributed by atoms with Crippen molar-refractivity contribution in [3.05, 3.63) is 54.1 Å². The second-order valence-electron chi connectivity index (χ2n) is 8.71. The maximum atomic E-state index is 9.64. The van der Waals surface area contributed by atoms with E-state index >= 15 is 0 Å². The van der Waals surface area contributed by atoms with Crippen molar-refractivity contribution in [2.45, 2.75) is 45.1 Å². The molecule has 0 saturated heterocycles. The van der Waals surface area contributed by atoms with Gasteiger partial charge in [-0.2, -0.15) is 4.98 Å². The molecule has 2 fully saturated rings. The molecule has 1 unspecified atom stereocenters. The quantitative estimate of drug-likeness (QED) is 0.637. The van der Waals surface area contributed by atoms with Gasteiger partial charge in [0.15, 0.2) is 0 Å². The van der Waals surface area contributed by atoms with E-state index in [1.165, 1.54) is 18.4 Å².